The Hall–Kier alpha value is -1.24. The first-order chi connectivity index (χ1) is 7.31. The smallest absolute Gasteiger partial charge is 0.434 e. The van der Waals surface area contributed by atoms with Crippen molar-refractivity contribution in [1.82, 2.24) is 0 Å². The summed E-state index contributed by atoms with van der Waals surface area (Å²) in [5.41, 5.74) is 0. The zero-order chi connectivity index (χ0) is 11.4. The number of carbonyl (C=O) groups excluding carboxylic acids is 1. The van der Waals surface area contributed by atoms with Gasteiger partial charge < -0.3 is 9.47 Å². The molecule has 15 heavy (non-hydrogen) atoms. The van der Waals surface area contributed by atoms with E-state index in [2.05, 4.69) is 11.7 Å². The van der Waals surface area contributed by atoms with Crippen molar-refractivity contribution >= 4 is 6.16 Å². The van der Waals surface area contributed by atoms with Crippen molar-refractivity contribution in [3.63, 3.8) is 0 Å². The average molecular weight is 213 g/mol. The highest BCUT2D eigenvalue weighted by Crippen LogP contribution is 2.02. The number of hydrogen-bond donors (Lipinski definition) is 0. The molecule has 0 aliphatic heterocycles. The third-order valence-electron chi connectivity index (χ3n) is 1.90. The second-order valence-electron chi connectivity index (χ2n) is 3.27. The largest absolute Gasteiger partial charge is 0.508 e. The molecule has 0 spiro atoms. The monoisotopic (exact) mass is 213 g/mol. The Morgan fingerprint density at radius 3 is 2.47 bits per heavy atom. The number of carbonyl (C=O) groups is 1. The first kappa shape index (κ1) is 13.8. The van der Waals surface area contributed by atoms with Crippen LogP contribution in [0.4, 0.5) is 4.79 Å². The normalized spacial score (nSPS) is 9.33. The Bertz CT molecular complexity index is 198. The Balaban J connectivity index is 3.14. The minimum absolute atomic E-state index is 0.116. The van der Waals surface area contributed by atoms with Crippen LogP contribution in [0.25, 0.3) is 0 Å². The lowest BCUT2D eigenvalue weighted by atomic mass is 10.2. The fourth-order valence-corrected chi connectivity index (χ4v) is 1.08. The van der Waals surface area contributed by atoms with Gasteiger partial charge in [0.1, 0.15) is 6.61 Å². The molecular weight excluding hydrogens is 194 g/mol. The van der Waals surface area contributed by atoms with Crippen molar-refractivity contribution in [1.29, 1.82) is 5.26 Å². The molecule has 0 aliphatic rings. The van der Waals surface area contributed by atoms with Gasteiger partial charge >= 0.3 is 6.16 Å². The van der Waals surface area contributed by atoms with Crippen LogP contribution in [-0.4, -0.2) is 19.4 Å². The van der Waals surface area contributed by atoms with Gasteiger partial charge in [-0.25, -0.2) is 4.79 Å². The number of ether oxygens (including phenoxy) is 2. The van der Waals surface area contributed by atoms with E-state index in [4.69, 9.17) is 10.00 Å². The topological polar surface area (TPSA) is 59.3 Å². The number of nitriles is 1. The third-order valence-corrected chi connectivity index (χ3v) is 1.90. The van der Waals surface area contributed by atoms with E-state index in [1.165, 1.54) is 19.3 Å². The first-order valence-electron chi connectivity index (χ1n) is 5.47. The molecule has 0 aromatic rings. The molecule has 0 N–H and O–H groups in total. The molecular formula is C11H19NO3. The summed E-state index contributed by atoms with van der Waals surface area (Å²) in [6, 6.07) is 1.88. The van der Waals surface area contributed by atoms with Crippen molar-refractivity contribution in [2.45, 2.75) is 45.4 Å². The van der Waals surface area contributed by atoms with Gasteiger partial charge in [-0.05, 0) is 6.42 Å². The second kappa shape index (κ2) is 10.8. The Morgan fingerprint density at radius 2 is 1.80 bits per heavy atom. The standard InChI is InChI=1S/C11H19NO3/c1-2-3-4-5-6-9-14-11(13)15-10-7-8-12/h2-7,9-10H2,1H3. The second-order valence-corrected chi connectivity index (χ2v) is 3.27. The molecule has 0 amide bonds. The molecule has 86 valence electrons. The van der Waals surface area contributed by atoms with Gasteiger partial charge in [0.05, 0.1) is 19.1 Å². The van der Waals surface area contributed by atoms with Crippen LogP contribution in [0.1, 0.15) is 45.4 Å². The van der Waals surface area contributed by atoms with Crippen LogP contribution in [-0.2, 0) is 9.47 Å². The van der Waals surface area contributed by atoms with Gasteiger partial charge in [-0.1, -0.05) is 32.6 Å². The maximum absolute atomic E-state index is 10.9. The number of hydrogen-bond acceptors (Lipinski definition) is 4. The van der Waals surface area contributed by atoms with Gasteiger partial charge in [-0.3, -0.25) is 0 Å². The van der Waals surface area contributed by atoms with Crippen molar-refractivity contribution in [2.75, 3.05) is 13.2 Å². The molecule has 4 heteroatoms. The molecule has 0 unspecified atom stereocenters. The molecule has 0 aromatic heterocycles. The lowest BCUT2D eigenvalue weighted by Crippen LogP contribution is -2.09. The maximum Gasteiger partial charge on any atom is 0.508 e. The van der Waals surface area contributed by atoms with Crippen molar-refractivity contribution in [2.24, 2.45) is 0 Å². The summed E-state index contributed by atoms with van der Waals surface area (Å²) < 4.78 is 9.42. The van der Waals surface area contributed by atoms with Crippen molar-refractivity contribution in [3.05, 3.63) is 0 Å². The highest BCUT2D eigenvalue weighted by molar-refractivity contribution is 5.59. The van der Waals surface area contributed by atoms with E-state index < -0.39 is 6.16 Å². The highest BCUT2D eigenvalue weighted by atomic mass is 16.7. The van der Waals surface area contributed by atoms with Crippen LogP contribution in [0.2, 0.25) is 0 Å². The first-order valence-corrected chi connectivity index (χ1v) is 5.47. The van der Waals surface area contributed by atoms with Crippen molar-refractivity contribution < 1.29 is 14.3 Å². The summed E-state index contributed by atoms with van der Waals surface area (Å²) in [5, 5.41) is 8.19. The summed E-state index contributed by atoms with van der Waals surface area (Å²) in [6.45, 7) is 2.68. The molecule has 0 heterocycles. The van der Waals surface area contributed by atoms with E-state index in [1.54, 1.807) is 0 Å². The molecule has 0 atom stereocenters. The molecule has 0 radical (unpaired) electrons. The predicted octanol–water partition coefficient (Wildman–Crippen LogP) is 3.02. The minimum atomic E-state index is -0.666. The van der Waals surface area contributed by atoms with Crippen LogP contribution >= 0.6 is 0 Å². The molecule has 0 aromatic carbocycles. The fraction of sp³-hybridized carbons (Fsp3) is 0.818. The molecule has 0 aliphatic carbocycles. The summed E-state index contributed by atoms with van der Waals surface area (Å²) in [4.78, 5) is 10.9. The zero-order valence-corrected chi connectivity index (χ0v) is 9.33. The summed E-state index contributed by atoms with van der Waals surface area (Å²) in [7, 11) is 0. The van der Waals surface area contributed by atoms with E-state index in [-0.39, 0.29) is 13.0 Å². The van der Waals surface area contributed by atoms with Crippen molar-refractivity contribution in [3.8, 4) is 6.07 Å². The molecule has 0 rings (SSSR count). The van der Waals surface area contributed by atoms with Gasteiger partial charge in [-0.15, -0.1) is 0 Å². The minimum Gasteiger partial charge on any atom is -0.434 e. The van der Waals surface area contributed by atoms with Crippen LogP contribution in [0.5, 0.6) is 0 Å². The van der Waals surface area contributed by atoms with Gasteiger partial charge in [0.25, 0.3) is 0 Å². The molecule has 0 bridgehead atoms. The molecule has 4 nitrogen and oxygen atoms in total. The Morgan fingerprint density at radius 1 is 1.13 bits per heavy atom. The number of nitrogens with zero attached hydrogens (tertiary/aromatic N) is 1. The quantitative estimate of drug-likeness (QED) is 0.459. The summed E-state index contributed by atoms with van der Waals surface area (Å²) >= 11 is 0. The lowest BCUT2D eigenvalue weighted by molar-refractivity contribution is 0.0556. The van der Waals surface area contributed by atoms with Crippen LogP contribution in [0.3, 0.4) is 0 Å². The van der Waals surface area contributed by atoms with E-state index in [0.717, 1.165) is 12.8 Å². The Kier molecular flexibility index (Phi) is 9.94. The van der Waals surface area contributed by atoms with Gasteiger partial charge in [-0.2, -0.15) is 5.26 Å². The number of rotatable bonds is 8. The molecule has 0 saturated carbocycles. The maximum atomic E-state index is 10.9. The van der Waals surface area contributed by atoms with E-state index in [1.807, 2.05) is 6.07 Å². The predicted molar refractivity (Wildman–Crippen MR) is 56.3 cm³/mol. The van der Waals surface area contributed by atoms with Gasteiger partial charge in [0.2, 0.25) is 0 Å². The van der Waals surface area contributed by atoms with Crippen LogP contribution < -0.4 is 0 Å². The number of unbranched alkanes of at least 4 members (excludes halogenated alkanes) is 4. The zero-order valence-electron chi connectivity index (χ0n) is 9.33. The third kappa shape index (κ3) is 10.7. The fourth-order valence-electron chi connectivity index (χ4n) is 1.08. The van der Waals surface area contributed by atoms with E-state index in [9.17, 15) is 4.79 Å². The summed E-state index contributed by atoms with van der Waals surface area (Å²) in [5.74, 6) is 0. The average Bonchev–Trinajstić information content (AvgIpc) is 2.23. The van der Waals surface area contributed by atoms with Crippen LogP contribution in [0.15, 0.2) is 0 Å². The van der Waals surface area contributed by atoms with E-state index in [0.29, 0.717) is 6.61 Å². The summed E-state index contributed by atoms with van der Waals surface area (Å²) in [6.07, 6.45) is 5.13. The Labute approximate surface area is 91.2 Å². The van der Waals surface area contributed by atoms with Gasteiger partial charge in [0.15, 0.2) is 0 Å². The highest BCUT2D eigenvalue weighted by Gasteiger charge is 2.01. The molecule has 0 fully saturated rings. The van der Waals surface area contributed by atoms with Crippen LogP contribution in [0, 0.1) is 11.3 Å². The SMILES string of the molecule is CCCCCCCOC(=O)OCCC#N. The lowest BCUT2D eigenvalue weighted by Gasteiger charge is -2.04. The van der Waals surface area contributed by atoms with E-state index >= 15 is 0 Å². The molecule has 0 saturated heterocycles. The van der Waals surface area contributed by atoms with Gasteiger partial charge in [0, 0.05) is 0 Å².